The summed E-state index contributed by atoms with van der Waals surface area (Å²) in [6.07, 6.45) is 1.01. The van der Waals surface area contributed by atoms with E-state index in [1.807, 2.05) is 42.5 Å². The van der Waals surface area contributed by atoms with E-state index < -0.39 is 0 Å². The van der Waals surface area contributed by atoms with Gasteiger partial charge in [0.1, 0.15) is 0 Å². The van der Waals surface area contributed by atoms with Crippen molar-refractivity contribution in [2.45, 2.75) is 12.5 Å². The van der Waals surface area contributed by atoms with E-state index in [4.69, 9.17) is 0 Å². The molecule has 0 aromatic heterocycles. The van der Waals surface area contributed by atoms with Gasteiger partial charge in [0.2, 0.25) is 0 Å². The zero-order valence-corrected chi connectivity index (χ0v) is 10.1. The van der Waals surface area contributed by atoms with Crippen molar-refractivity contribution in [3.63, 3.8) is 0 Å². The summed E-state index contributed by atoms with van der Waals surface area (Å²) >= 11 is 0. The van der Waals surface area contributed by atoms with Gasteiger partial charge >= 0.3 is 0 Å². The molecular formula is C15H16N2O. The van der Waals surface area contributed by atoms with E-state index in [1.165, 1.54) is 0 Å². The van der Waals surface area contributed by atoms with E-state index in [-0.39, 0.29) is 11.9 Å². The number of benzene rings is 2. The second-order valence-corrected chi connectivity index (χ2v) is 4.69. The lowest BCUT2D eigenvalue weighted by atomic mass is 10.0. The summed E-state index contributed by atoms with van der Waals surface area (Å²) in [5.74, 6) is 0.0282. The predicted molar refractivity (Wildman–Crippen MR) is 72.7 cm³/mol. The highest BCUT2D eigenvalue weighted by atomic mass is 16.1. The SMILES string of the molecule is O=C(NC1CCNC1)c1cccc2ccccc12. The Kier molecular flexibility index (Phi) is 2.99. The smallest absolute Gasteiger partial charge is 0.252 e. The van der Waals surface area contributed by atoms with E-state index in [0.717, 1.165) is 35.8 Å². The molecule has 2 aromatic rings. The van der Waals surface area contributed by atoms with Gasteiger partial charge in [-0.2, -0.15) is 0 Å². The lowest BCUT2D eigenvalue weighted by Gasteiger charge is -2.12. The molecule has 1 atom stereocenters. The van der Waals surface area contributed by atoms with E-state index >= 15 is 0 Å². The topological polar surface area (TPSA) is 41.1 Å². The van der Waals surface area contributed by atoms with Crippen LogP contribution in [0.15, 0.2) is 42.5 Å². The zero-order valence-electron chi connectivity index (χ0n) is 10.1. The summed E-state index contributed by atoms with van der Waals surface area (Å²) in [7, 11) is 0. The van der Waals surface area contributed by atoms with E-state index in [0.29, 0.717) is 0 Å². The number of amides is 1. The highest BCUT2D eigenvalue weighted by Gasteiger charge is 2.18. The Hall–Kier alpha value is -1.87. The molecule has 1 aliphatic rings. The van der Waals surface area contributed by atoms with Gasteiger partial charge < -0.3 is 10.6 Å². The van der Waals surface area contributed by atoms with E-state index in [9.17, 15) is 4.79 Å². The van der Waals surface area contributed by atoms with Crippen molar-refractivity contribution in [3.8, 4) is 0 Å². The van der Waals surface area contributed by atoms with Crippen LogP contribution >= 0.6 is 0 Å². The molecule has 1 unspecified atom stereocenters. The summed E-state index contributed by atoms with van der Waals surface area (Å²) in [5.41, 5.74) is 0.764. The Bertz CT molecular complexity index is 568. The Morgan fingerprint density at radius 1 is 1.17 bits per heavy atom. The zero-order chi connectivity index (χ0) is 12.4. The normalized spacial score (nSPS) is 19.0. The van der Waals surface area contributed by atoms with Gasteiger partial charge in [-0.1, -0.05) is 36.4 Å². The summed E-state index contributed by atoms with van der Waals surface area (Å²) in [5, 5.41) is 8.46. The molecule has 2 aromatic carbocycles. The maximum atomic E-state index is 12.3. The maximum absolute atomic E-state index is 12.3. The minimum Gasteiger partial charge on any atom is -0.348 e. The predicted octanol–water partition coefficient (Wildman–Crippen LogP) is 1.93. The van der Waals surface area contributed by atoms with Gasteiger partial charge in [0, 0.05) is 18.2 Å². The number of hydrogen-bond donors (Lipinski definition) is 2. The van der Waals surface area contributed by atoms with Crippen LogP contribution in [0.4, 0.5) is 0 Å². The molecule has 0 saturated carbocycles. The third kappa shape index (κ3) is 2.09. The van der Waals surface area contributed by atoms with Crippen molar-refractivity contribution in [3.05, 3.63) is 48.0 Å². The highest BCUT2D eigenvalue weighted by Crippen LogP contribution is 2.18. The molecule has 0 radical (unpaired) electrons. The Balaban J connectivity index is 1.91. The van der Waals surface area contributed by atoms with Crippen LogP contribution in [0.3, 0.4) is 0 Å². The van der Waals surface area contributed by atoms with Gasteiger partial charge in [0.25, 0.3) is 5.91 Å². The van der Waals surface area contributed by atoms with Crippen molar-refractivity contribution >= 4 is 16.7 Å². The molecule has 0 spiro atoms. The van der Waals surface area contributed by atoms with Crippen LogP contribution in [0.25, 0.3) is 10.8 Å². The molecular weight excluding hydrogens is 224 g/mol. The second-order valence-electron chi connectivity index (χ2n) is 4.69. The highest BCUT2D eigenvalue weighted by molar-refractivity contribution is 6.07. The molecule has 0 aliphatic carbocycles. The lowest BCUT2D eigenvalue weighted by molar-refractivity contribution is 0.0942. The summed E-state index contributed by atoms with van der Waals surface area (Å²) in [4.78, 5) is 12.3. The van der Waals surface area contributed by atoms with E-state index in [2.05, 4.69) is 10.6 Å². The van der Waals surface area contributed by atoms with Crippen LogP contribution in [-0.4, -0.2) is 25.0 Å². The van der Waals surface area contributed by atoms with Crippen LogP contribution in [-0.2, 0) is 0 Å². The Labute approximate surface area is 106 Å². The summed E-state index contributed by atoms with van der Waals surface area (Å²) in [6, 6.07) is 14.1. The fraction of sp³-hybridized carbons (Fsp3) is 0.267. The first-order valence-electron chi connectivity index (χ1n) is 6.34. The average Bonchev–Trinajstić information content (AvgIpc) is 2.91. The van der Waals surface area contributed by atoms with Gasteiger partial charge in [-0.3, -0.25) is 4.79 Å². The fourth-order valence-corrected chi connectivity index (χ4v) is 2.46. The molecule has 3 nitrogen and oxygen atoms in total. The maximum Gasteiger partial charge on any atom is 0.252 e. The van der Waals surface area contributed by atoms with Crippen molar-refractivity contribution in [2.75, 3.05) is 13.1 Å². The quantitative estimate of drug-likeness (QED) is 0.842. The van der Waals surface area contributed by atoms with Crippen molar-refractivity contribution in [1.82, 2.24) is 10.6 Å². The molecule has 1 aliphatic heterocycles. The van der Waals surface area contributed by atoms with Crippen LogP contribution in [0.1, 0.15) is 16.8 Å². The molecule has 3 rings (SSSR count). The molecule has 2 N–H and O–H groups in total. The molecule has 1 amide bonds. The fourth-order valence-electron chi connectivity index (χ4n) is 2.46. The minimum atomic E-state index is 0.0282. The molecule has 1 saturated heterocycles. The average molecular weight is 240 g/mol. The third-order valence-corrected chi connectivity index (χ3v) is 3.43. The first-order chi connectivity index (χ1) is 8.84. The minimum absolute atomic E-state index is 0.0282. The third-order valence-electron chi connectivity index (χ3n) is 3.43. The number of rotatable bonds is 2. The molecule has 92 valence electrons. The number of nitrogens with one attached hydrogen (secondary N) is 2. The van der Waals surface area contributed by atoms with Gasteiger partial charge in [0.05, 0.1) is 0 Å². The Morgan fingerprint density at radius 2 is 2.00 bits per heavy atom. The number of fused-ring (bicyclic) bond motifs is 1. The Morgan fingerprint density at radius 3 is 2.83 bits per heavy atom. The van der Waals surface area contributed by atoms with Crippen LogP contribution in [0.5, 0.6) is 0 Å². The molecule has 3 heteroatoms. The van der Waals surface area contributed by atoms with Crippen molar-refractivity contribution in [2.24, 2.45) is 0 Å². The van der Waals surface area contributed by atoms with Crippen molar-refractivity contribution in [1.29, 1.82) is 0 Å². The van der Waals surface area contributed by atoms with Crippen LogP contribution in [0.2, 0.25) is 0 Å². The van der Waals surface area contributed by atoms with Gasteiger partial charge in [-0.15, -0.1) is 0 Å². The first kappa shape index (κ1) is 11.2. The molecule has 1 heterocycles. The van der Waals surface area contributed by atoms with Crippen LogP contribution < -0.4 is 10.6 Å². The van der Waals surface area contributed by atoms with E-state index in [1.54, 1.807) is 0 Å². The van der Waals surface area contributed by atoms with Gasteiger partial charge in [-0.05, 0) is 29.8 Å². The molecule has 18 heavy (non-hydrogen) atoms. The number of carbonyl (C=O) groups is 1. The van der Waals surface area contributed by atoms with Gasteiger partial charge in [0.15, 0.2) is 0 Å². The van der Waals surface area contributed by atoms with Crippen LogP contribution in [0, 0.1) is 0 Å². The summed E-state index contributed by atoms with van der Waals surface area (Å²) < 4.78 is 0. The molecule has 0 bridgehead atoms. The lowest BCUT2D eigenvalue weighted by Crippen LogP contribution is -2.36. The first-order valence-corrected chi connectivity index (χ1v) is 6.34. The standard InChI is InChI=1S/C15H16N2O/c18-15(17-12-8-9-16-10-12)14-7-3-5-11-4-1-2-6-13(11)14/h1-7,12,16H,8-10H2,(H,17,18). The summed E-state index contributed by atoms with van der Waals surface area (Å²) in [6.45, 7) is 1.86. The van der Waals surface area contributed by atoms with Crippen molar-refractivity contribution < 1.29 is 4.79 Å². The number of carbonyl (C=O) groups excluding carboxylic acids is 1. The number of hydrogen-bond acceptors (Lipinski definition) is 2. The monoisotopic (exact) mass is 240 g/mol. The largest absolute Gasteiger partial charge is 0.348 e. The second kappa shape index (κ2) is 4.78. The van der Waals surface area contributed by atoms with Gasteiger partial charge in [-0.25, -0.2) is 0 Å². The molecule has 1 fully saturated rings.